The number of carbonyl (C=O) groups excluding carboxylic acids is 1. The van der Waals surface area contributed by atoms with Crippen molar-refractivity contribution in [1.82, 2.24) is 5.32 Å². The third kappa shape index (κ3) is 2.03. The Hall–Kier alpha value is -2.09. The summed E-state index contributed by atoms with van der Waals surface area (Å²) in [6.45, 7) is 3.61. The quantitative estimate of drug-likeness (QED) is 0.742. The molecule has 1 aliphatic carbocycles. The maximum atomic E-state index is 11.2. The smallest absolute Gasteiger partial charge is 0.217 e. The van der Waals surface area contributed by atoms with Gasteiger partial charge in [-0.05, 0) is 41.2 Å². The highest BCUT2D eigenvalue weighted by Gasteiger charge is 2.22. The first kappa shape index (κ1) is 12.0. The fourth-order valence-corrected chi connectivity index (χ4v) is 2.97. The highest BCUT2D eigenvalue weighted by atomic mass is 16.1. The van der Waals surface area contributed by atoms with Gasteiger partial charge in [0.15, 0.2) is 0 Å². The molecule has 19 heavy (non-hydrogen) atoms. The predicted octanol–water partition coefficient (Wildman–Crippen LogP) is 3.45. The molecule has 1 unspecified atom stereocenters. The Kier molecular flexibility index (Phi) is 2.86. The lowest BCUT2D eigenvalue weighted by Crippen LogP contribution is -2.24. The fraction of sp³-hybridized carbons (Fsp3) is 0.235. The number of hydrogen-bond acceptors (Lipinski definition) is 1. The van der Waals surface area contributed by atoms with E-state index in [1.807, 2.05) is 6.92 Å². The molecule has 0 fully saturated rings. The van der Waals surface area contributed by atoms with Gasteiger partial charge in [-0.25, -0.2) is 0 Å². The molecule has 1 atom stereocenters. The van der Waals surface area contributed by atoms with Crippen LogP contribution in [0.3, 0.4) is 0 Å². The summed E-state index contributed by atoms with van der Waals surface area (Å²) < 4.78 is 0. The summed E-state index contributed by atoms with van der Waals surface area (Å²) in [4.78, 5) is 11.2. The summed E-state index contributed by atoms with van der Waals surface area (Å²) in [6, 6.07) is 14.9. The summed E-state index contributed by atoms with van der Waals surface area (Å²) in [6.07, 6.45) is 0.964. The molecule has 0 saturated heterocycles. The topological polar surface area (TPSA) is 29.1 Å². The zero-order valence-corrected chi connectivity index (χ0v) is 11.2. The molecule has 0 heterocycles. The van der Waals surface area contributed by atoms with Crippen molar-refractivity contribution in [3.63, 3.8) is 0 Å². The number of nitrogens with one attached hydrogen (secondary N) is 1. The molecule has 3 rings (SSSR count). The van der Waals surface area contributed by atoms with Gasteiger partial charge in [0.05, 0.1) is 6.04 Å². The van der Waals surface area contributed by atoms with Gasteiger partial charge in [0.25, 0.3) is 0 Å². The minimum Gasteiger partial charge on any atom is -0.350 e. The molecule has 2 aromatic rings. The molecule has 2 nitrogen and oxygen atoms in total. The van der Waals surface area contributed by atoms with Gasteiger partial charge in [-0.2, -0.15) is 0 Å². The first-order valence-electron chi connectivity index (χ1n) is 6.64. The predicted molar refractivity (Wildman–Crippen MR) is 76.9 cm³/mol. The van der Waals surface area contributed by atoms with E-state index in [4.69, 9.17) is 0 Å². The van der Waals surface area contributed by atoms with Crippen molar-refractivity contribution >= 4 is 5.91 Å². The van der Waals surface area contributed by atoms with E-state index >= 15 is 0 Å². The first-order chi connectivity index (χ1) is 9.16. The molecule has 96 valence electrons. The van der Waals surface area contributed by atoms with Crippen LogP contribution in [0.5, 0.6) is 0 Å². The molecule has 0 radical (unpaired) electrons. The first-order valence-corrected chi connectivity index (χ1v) is 6.64. The van der Waals surface area contributed by atoms with Crippen LogP contribution in [-0.2, 0) is 11.2 Å². The van der Waals surface area contributed by atoms with Crippen molar-refractivity contribution in [1.29, 1.82) is 0 Å². The van der Waals surface area contributed by atoms with E-state index in [-0.39, 0.29) is 11.9 Å². The Morgan fingerprint density at radius 2 is 1.84 bits per heavy atom. The van der Waals surface area contributed by atoms with Crippen LogP contribution < -0.4 is 5.32 Å². The Bertz CT molecular complexity index is 645. The fourth-order valence-electron chi connectivity index (χ4n) is 2.97. The molecule has 1 N–H and O–H groups in total. The molecule has 1 aliphatic rings. The van der Waals surface area contributed by atoms with E-state index in [1.165, 1.54) is 27.8 Å². The van der Waals surface area contributed by atoms with E-state index in [2.05, 4.69) is 47.8 Å². The average molecular weight is 251 g/mol. The van der Waals surface area contributed by atoms with E-state index < -0.39 is 0 Å². The summed E-state index contributed by atoms with van der Waals surface area (Å²) >= 11 is 0. The Morgan fingerprint density at radius 3 is 2.63 bits per heavy atom. The van der Waals surface area contributed by atoms with Gasteiger partial charge >= 0.3 is 0 Å². The van der Waals surface area contributed by atoms with Crippen molar-refractivity contribution in [2.75, 3.05) is 0 Å². The number of hydrogen-bond donors (Lipinski definition) is 1. The molecular formula is C17H17NO. The van der Waals surface area contributed by atoms with Gasteiger partial charge in [-0.3, -0.25) is 4.79 Å². The van der Waals surface area contributed by atoms with Crippen LogP contribution in [0.1, 0.15) is 36.6 Å². The zero-order valence-electron chi connectivity index (χ0n) is 11.2. The van der Waals surface area contributed by atoms with Gasteiger partial charge in [0, 0.05) is 6.92 Å². The second kappa shape index (κ2) is 4.54. The molecule has 0 aliphatic heterocycles. The molecule has 0 aromatic heterocycles. The zero-order chi connectivity index (χ0) is 13.4. The Balaban J connectivity index is 2.06. The van der Waals surface area contributed by atoms with Crippen LogP contribution in [-0.4, -0.2) is 5.91 Å². The minimum atomic E-state index is 0.0145. The van der Waals surface area contributed by atoms with Crippen LogP contribution >= 0.6 is 0 Å². The van der Waals surface area contributed by atoms with Crippen molar-refractivity contribution in [2.45, 2.75) is 26.3 Å². The normalized spacial score (nSPS) is 13.6. The van der Waals surface area contributed by atoms with E-state index in [1.54, 1.807) is 6.92 Å². The lowest BCUT2D eigenvalue weighted by Gasteiger charge is -2.16. The highest BCUT2D eigenvalue weighted by Crippen LogP contribution is 2.39. The second-order valence-corrected chi connectivity index (χ2v) is 5.13. The van der Waals surface area contributed by atoms with Gasteiger partial charge in [-0.15, -0.1) is 0 Å². The van der Waals surface area contributed by atoms with Crippen molar-refractivity contribution in [3.8, 4) is 11.1 Å². The molecule has 0 bridgehead atoms. The lowest BCUT2D eigenvalue weighted by molar-refractivity contribution is -0.119. The lowest BCUT2D eigenvalue weighted by atomic mass is 9.97. The van der Waals surface area contributed by atoms with E-state index in [0.717, 1.165) is 6.42 Å². The average Bonchev–Trinajstić information content (AvgIpc) is 2.76. The number of amides is 1. The van der Waals surface area contributed by atoms with Crippen molar-refractivity contribution in [2.24, 2.45) is 0 Å². The summed E-state index contributed by atoms with van der Waals surface area (Å²) in [5.74, 6) is 0.0145. The summed E-state index contributed by atoms with van der Waals surface area (Å²) in [5.41, 5.74) is 6.59. The molecule has 2 heteroatoms. The van der Waals surface area contributed by atoms with Crippen LogP contribution in [0.25, 0.3) is 11.1 Å². The van der Waals surface area contributed by atoms with E-state index in [9.17, 15) is 4.79 Å². The SMILES string of the molecule is CC(=O)NC(C)c1cccc2c1Cc1ccccc1-2. The third-order valence-corrected chi connectivity index (χ3v) is 3.77. The molecule has 0 spiro atoms. The summed E-state index contributed by atoms with van der Waals surface area (Å²) in [7, 11) is 0. The molecule has 2 aromatic carbocycles. The standard InChI is InChI=1S/C17H17NO/c1-11(18-12(2)19)14-8-5-9-16-15-7-4-3-6-13(15)10-17(14)16/h3-9,11H,10H2,1-2H3,(H,18,19). The minimum absolute atomic E-state index is 0.0145. The number of rotatable bonds is 2. The van der Waals surface area contributed by atoms with Crippen LogP contribution in [0.2, 0.25) is 0 Å². The number of benzene rings is 2. The Morgan fingerprint density at radius 1 is 1.11 bits per heavy atom. The van der Waals surface area contributed by atoms with Crippen LogP contribution in [0.15, 0.2) is 42.5 Å². The molecule has 1 amide bonds. The molecule has 0 saturated carbocycles. The number of fused-ring (bicyclic) bond motifs is 3. The molecular weight excluding hydrogens is 234 g/mol. The van der Waals surface area contributed by atoms with E-state index in [0.29, 0.717) is 0 Å². The van der Waals surface area contributed by atoms with Crippen molar-refractivity contribution < 1.29 is 4.79 Å². The van der Waals surface area contributed by atoms with Crippen LogP contribution in [0.4, 0.5) is 0 Å². The van der Waals surface area contributed by atoms with Gasteiger partial charge < -0.3 is 5.32 Å². The monoisotopic (exact) mass is 251 g/mol. The highest BCUT2D eigenvalue weighted by molar-refractivity contribution is 5.79. The van der Waals surface area contributed by atoms with Crippen LogP contribution in [0, 0.1) is 0 Å². The van der Waals surface area contributed by atoms with Gasteiger partial charge in [0.2, 0.25) is 5.91 Å². The van der Waals surface area contributed by atoms with Gasteiger partial charge in [0.1, 0.15) is 0 Å². The third-order valence-electron chi connectivity index (χ3n) is 3.77. The second-order valence-electron chi connectivity index (χ2n) is 5.13. The maximum absolute atomic E-state index is 11.2. The van der Waals surface area contributed by atoms with Gasteiger partial charge in [-0.1, -0.05) is 42.5 Å². The maximum Gasteiger partial charge on any atom is 0.217 e. The summed E-state index contributed by atoms with van der Waals surface area (Å²) in [5, 5.41) is 2.98. The largest absolute Gasteiger partial charge is 0.350 e. The number of carbonyl (C=O) groups is 1. The van der Waals surface area contributed by atoms with Crippen molar-refractivity contribution in [3.05, 3.63) is 59.2 Å². The Labute approximate surface area is 113 Å².